The zero-order chi connectivity index (χ0) is 11.8. The Kier molecular flexibility index (Phi) is 2.50. The van der Waals surface area contributed by atoms with Crippen molar-refractivity contribution in [3.05, 3.63) is 64.7 Å². The van der Waals surface area contributed by atoms with E-state index in [1.165, 1.54) is 16.7 Å². The lowest BCUT2D eigenvalue weighted by molar-refractivity contribution is 0.425. The SMILES string of the molecule is OB(O)c1cccc2c1Cc1ccccc1C2. The molecule has 0 spiro atoms. The van der Waals surface area contributed by atoms with Gasteiger partial charge >= 0.3 is 7.12 Å². The molecule has 2 N–H and O–H groups in total. The average Bonchev–Trinajstić information content (AvgIpc) is 2.35. The molecule has 0 aromatic heterocycles. The van der Waals surface area contributed by atoms with E-state index in [-0.39, 0.29) is 0 Å². The third-order valence-corrected chi connectivity index (χ3v) is 3.45. The first-order chi connectivity index (χ1) is 8.25. The highest BCUT2D eigenvalue weighted by atomic mass is 16.4. The van der Waals surface area contributed by atoms with E-state index >= 15 is 0 Å². The van der Waals surface area contributed by atoms with Crippen LogP contribution in [0.15, 0.2) is 42.5 Å². The summed E-state index contributed by atoms with van der Waals surface area (Å²) in [5, 5.41) is 18.8. The van der Waals surface area contributed by atoms with Crippen LogP contribution in [0, 0.1) is 0 Å². The Labute approximate surface area is 101 Å². The summed E-state index contributed by atoms with van der Waals surface area (Å²) in [4.78, 5) is 0. The Balaban J connectivity index is 2.12. The van der Waals surface area contributed by atoms with Crippen molar-refractivity contribution in [2.75, 3.05) is 0 Å². The molecule has 2 nitrogen and oxygen atoms in total. The third-order valence-electron chi connectivity index (χ3n) is 3.45. The highest BCUT2D eigenvalue weighted by Gasteiger charge is 2.22. The van der Waals surface area contributed by atoms with Crippen LogP contribution in [0.4, 0.5) is 0 Å². The third kappa shape index (κ3) is 1.77. The van der Waals surface area contributed by atoms with Gasteiger partial charge in [-0.1, -0.05) is 42.5 Å². The minimum absolute atomic E-state index is 0.636. The fourth-order valence-electron chi connectivity index (χ4n) is 2.58. The maximum atomic E-state index is 9.38. The standard InChI is InChI=1S/C14H13BO2/c16-15(17)14-7-3-6-12-8-10-4-1-2-5-11(10)9-13(12)14/h1-7,16-17H,8-9H2. The molecule has 0 aliphatic heterocycles. The number of fused-ring (bicyclic) bond motifs is 2. The van der Waals surface area contributed by atoms with Gasteiger partial charge in [-0.05, 0) is 40.6 Å². The van der Waals surface area contributed by atoms with E-state index in [9.17, 15) is 10.0 Å². The van der Waals surface area contributed by atoms with Gasteiger partial charge < -0.3 is 10.0 Å². The van der Waals surface area contributed by atoms with Gasteiger partial charge in [0, 0.05) is 0 Å². The summed E-state index contributed by atoms with van der Waals surface area (Å²) in [5.74, 6) is 0. The Bertz CT molecular complexity index is 564. The summed E-state index contributed by atoms with van der Waals surface area (Å²) in [5.41, 5.74) is 5.53. The predicted octanol–water partition coefficient (Wildman–Crippen LogP) is 0.861. The zero-order valence-electron chi connectivity index (χ0n) is 9.43. The van der Waals surface area contributed by atoms with Gasteiger partial charge in [-0.15, -0.1) is 0 Å². The minimum Gasteiger partial charge on any atom is -0.423 e. The van der Waals surface area contributed by atoms with Gasteiger partial charge in [0.1, 0.15) is 0 Å². The van der Waals surface area contributed by atoms with Crippen molar-refractivity contribution in [2.45, 2.75) is 12.8 Å². The summed E-state index contributed by atoms with van der Waals surface area (Å²) in [7, 11) is -1.38. The molecule has 1 aliphatic carbocycles. The van der Waals surface area contributed by atoms with Crippen molar-refractivity contribution in [3.8, 4) is 0 Å². The number of rotatable bonds is 1. The molecule has 2 aromatic carbocycles. The fourth-order valence-corrected chi connectivity index (χ4v) is 2.58. The average molecular weight is 224 g/mol. The summed E-state index contributed by atoms with van der Waals surface area (Å²) in [6, 6.07) is 14.1. The molecule has 0 atom stereocenters. The van der Waals surface area contributed by atoms with Gasteiger partial charge in [0.15, 0.2) is 0 Å². The Hall–Kier alpha value is -1.58. The number of benzene rings is 2. The maximum Gasteiger partial charge on any atom is 0.488 e. The van der Waals surface area contributed by atoms with Gasteiger partial charge in [0.25, 0.3) is 0 Å². The van der Waals surface area contributed by atoms with Gasteiger partial charge in [0.2, 0.25) is 0 Å². The van der Waals surface area contributed by atoms with E-state index in [4.69, 9.17) is 0 Å². The van der Waals surface area contributed by atoms with Crippen LogP contribution in [0.25, 0.3) is 0 Å². The van der Waals surface area contributed by atoms with E-state index in [0.29, 0.717) is 5.46 Å². The molecular weight excluding hydrogens is 211 g/mol. The van der Waals surface area contributed by atoms with Crippen molar-refractivity contribution in [1.29, 1.82) is 0 Å². The van der Waals surface area contributed by atoms with Crippen LogP contribution in [-0.4, -0.2) is 17.2 Å². The fraction of sp³-hybridized carbons (Fsp3) is 0.143. The molecule has 0 radical (unpaired) electrons. The molecule has 3 rings (SSSR count). The van der Waals surface area contributed by atoms with Gasteiger partial charge in [0.05, 0.1) is 0 Å². The molecule has 0 unspecified atom stereocenters. The van der Waals surface area contributed by atoms with Crippen LogP contribution in [0.5, 0.6) is 0 Å². The molecule has 0 bridgehead atoms. The van der Waals surface area contributed by atoms with Crippen LogP contribution in [0.1, 0.15) is 22.3 Å². The first kappa shape index (κ1) is 10.6. The predicted molar refractivity (Wildman–Crippen MR) is 68.3 cm³/mol. The second-order valence-electron chi connectivity index (χ2n) is 4.48. The van der Waals surface area contributed by atoms with Crippen LogP contribution < -0.4 is 5.46 Å². The van der Waals surface area contributed by atoms with Gasteiger partial charge in [-0.2, -0.15) is 0 Å². The molecule has 2 aromatic rings. The largest absolute Gasteiger partial charge is 0.488 e. The van der Waals surface area contributed by atoms with Crippen molar-refractivity contribution >= 4 is 12.6 Å². The van der Waals surface area contributed by atoms with Crippen LogP contribution in [0.3, 0.4) is 0 Å². The topological polar surface area (TPSA) is 40.5 Å². The highest BCUT2D eigenvalue weighted by molar-refractivity contribution is 6.59. The molecule has 3 heteroatoms. The maximum absolute atomic E-state index is 9.38. The summed E-state index contributed by atoms with van der Waals surface area (Å²) >= 11 is 0. The highest BCUT2D eigenvalue weighted by Crippen LogP contribution is 2.25. The van der Waals surface area contributed by atoms with E-state index in [1.54, 1.807) is 6.07 Å². The van der Waals surface area contributed by atoms with Crippen LogP contribution >= 0.6 is 0 Å². The molecule has 0 fully saturated rings. The van der Waals surface area contributed by atoms with Gasteiger partial charge in [-0.25, -0.2) is 0 Å². The van der Waals surface area contributed by atoms with Crippen molar-refractivity contribution in [2.24, 2.45) is 0 Å². The minimum atomic E-state index is -1.38. The normalized spacial score (nSPS) is 12.8. The first-order valence-corrected chi connectivity index (χ1v) is 5.79. The smallest absolute Gasteiger partial charge is 0.423 e. The Morgan fingerprint density at radius 3 is 2.12 bits per heavy atom. The lowest BCUT2D eigenvalue weighted by Gasteiger charge is -2.22. The molecule has 0 amide bonds. The molecule has 84 valence electrons. The summed E-state index contributed by atoms with van der Waals surface area (Å²) in [6.07, 6.45) is 1.67. The first-order valence-electron chi connectivity index (χ1n) is 5.79. The Morgan fingerprint density at radius 2 is 1.41 bits per heavy atom. The lowest BCUT2D eigenvalue weighted by Crippen LogP contribution is -2.35. The second kappa shape index (κ2) is 4.02. The lowest BCUT2D eigenvalue weighted by atomic mass is 9.71. The second-order valence-corrected chi connectivity index (χ2v) is 4.48. The Morgan fingerprint density at radius 1 is 0.765 bits per heavy atom. The molecule has 0 heterocycles. The van der Waals surface area contributed by atoms with Gasteiger partial charge in [-0.3, -0.25) is 0 Å². The van der Waals surface area contributed by atoms with Crippen molar-refractivity contribution in [3.63, 3.8) is 0 Å². The van der Waals surface area contributed by atoms with Crippen LogP contribution in [0.2, 0.25) is 0 Å². The number of hydrogen-bond acceptors (Lipinski definition) is 2. The number of hydrogen-bond donors (Lipinski definition) is 2. The van der Waals surface area contributed by atoms with Crippen LogP contribution in [-0.2, 0) is 12.8 Å². The van der Waals surface area contributed by atoms with E-state index in [1.807, 2.05) is 12.1 Å². The molecule has 0 saturated carbocycles. The van der Waals surface area contributed by atoms with E-state index < -0.39 is 7.12 Å². The van der Waals surface area contributed by atoms with Crippen molar-refractivity contribution < 1.29 is 10.0 Å². The molecule has 17 heavy (non-hydrogen) atoms. The summed E-state index contributed by atoms with van der Waals surface area (Å²) in [6.45, 7) is 0. The van der Waals surface area contributed by atoms with E-state index in [2.05, 4.69) is 24.3 Å². The van der Waals surface area contributed by atoms with Crippen molar-refractivity contribution in [1.82, 2.24) is 0 Å². The summed E-state index contributed by atoms with van der Waals surface area (Å²) < 4.78 is 0. The monoisotopic (exact) mass is 224 g/mol. The quantitative estimate of drug-likeness (QED) is 0.602. The molecular formula is C14H13BO2. The zero-order valence-corrected chi connectivity index (χ0v) is 9.43. The molecule has 0 saturated heterocycles. The molecule has 1 aliphatic rings. The van der Waals surface area contributed by atoms with E-state index in [0.717, 1.165) is 18.4 Å².